The van der Waals surface area contributed by atoms with Gasteiger partial charge in [0.1, 0.15) is 17.8 Å². The lowest BCUT2D eigenvalue weighted by molar-refractivity contribution is -0.152. The predicted molar refractivity (Wildman–Crippen MR) is 271 cm³/mol. The number of nitriles is 2. The highest BCUT2D eigenvalue weighted by molar-refractivity contribution is 7.48. The van der Waals surface area contributed by atoms with Crippen molar-refractivity contribution in [3.05, 3.63) is 0 Å². The molecule has 0 aliphatic carbocycles. The Balaban J connectivity index is 0.000000523. The molecule has 8 atom stereocenters. The summed E-state index contributed by atoms with van der Waals surface area (Å²) in [5, 5.41) is 17.6. The van der Waals surface area contributed by atoms with Gasteiger partial charge in [0.15, 0.2) is 0 Å². The minimum Gasteiger partial charge on any atom is -0.460 e. The zero-order chi connectivity index (χ0) is 52.4. The first-order valence-corrected chi connectivity index (χ1v) is 27.7. The molecule has 3 rings (SSSR count). The maximum absolute atomic E-state index is 12.2. The molecule has 0 aromatic heterocycles. The molecule has 0 N–H and O–H groups in total. The molecule has 20 heteroatoms. The third-order valence-corrected chi connectivity index (χ3v) is 16.6. The highest BCUT2D eigenvalue weighted by atomic mass is 31.2. The first kappa shape index (κ1) is 64.1. The molecule has 0 aromatic carbocycles. The van der Waals surface area contributed by atoms with Crippen LogP contribution >= 0.6 is 16.9 Å². The number of ether oxygens (including phenoxy) is 1. The van der Waals surface area contributed by atoms with Crippen LogP contribution < -0.4 is 0 Å². The summed E-state index contributed by atoms with van der Waals surface area (Å²) in [5.74, 6) is 0.428. The van der Waals surface area contributed by atoms with Gasteiger partial charge < -0.3 is 42.3 Å². The first-order valence-electron chi connectivity index (χ1n) is 25.3. The molecule has 0 spiro atoms. The van der Waals surface area contributed by atoms with E-state index in [4.69, 9.17) is 33.4 Å². The summed E-state index contributed by atoms with van der Waals surface area (Å²) >= 11 is 0. The van der Waals surface area contributed by atoms with Gasteiger partial charge in [-0.05, 0) is 88.5 Å². The van der Waals surface area contributed by atoms with Gasteiger partial charge in [-0.1, -0.05) is 41.5 Å². The number of nitrogens with zero attached hydrogens (tertiary/aromatic N) is 8. The van der Waals surface area contributed by atoms with Crippen LogP contribution in [0.15, 0.2) is 0 Å². The Morgan fingerprint density at radius 3 is 1.58 bits per heavy atom. The number of hydrogen-bond acceptors (Lipinski definition) is 15. The third kappa shape index (κ3) is 21.4. The molecular weight excluding hydrogens is 923 g/mol. The van der Waals surface area contributed by atoms with Gasteiger partial charge in [-0.3, -0.25) is 29.0 Å². The van der Waals surface area contributed by atoms with Crippen molar-refractivity contribution >= 4 is 46.4 Å². The molecule has 396 valence electrons. The summed E-state index contributed by atoms with van der Waals surface area (Å²) in [6.07, 6.45) is 6.48. The number of ketones is 1. The Kier molecular flexibility index (Phi) is 32.0. The first-order chi connectivity index (χ1) is 32.7. The van der Waals surface area contributed by atoms with Crippen molar-refractivity contribution in [1.29, 1.82) is 10.5 Å². The Morgan fingerprint density at radius 1 is 0.652 bits per heavy atom. The molecule has 18 nitrogen and oxygen atoms in total. The molecule has 69 heavy (non-hydrogen) atoms. The number of rotatable bonds is 26. The quantitative estimate of drug-likeness (QED) is 0.0349. The molecule has 0 aromatic rings. The highest BCUT2D eigenvalue weighted by Gasteiger charge is 2.42. The second-order valence-corrected chi connectivity index (χ2v) is 21.5. The van der Waals surface area contributed by atoms with Crippen LogP contribution in [0.1, 0.15) is 153 Å². The van der Waals surface area contributed by atoms with E-state index in [0.29, 0.717) is 70.7 Å². The van der Waals surface area contributed by atoms with E-state index >= 15 is 0 Å². The molecule has 3 fully saturated rings. The lowest BCUT2D eigenvalue weighted by atomic mass is 10.0. The van der Waals surface area contributed by atoms with E-state index in [0.717, 1.165) is 38.8 Å². The Bertz CT molecular complexity index is 1570. The average Bonchev–Trinajstić information content (AvgIpc) is 4.04. The monoisotopic (exact) mass is 1010 g/mol. The van der Waals surface area contributed by atoms with Crippen LogP contribution in [0.4, 0.5) is 0 Å². The fraction of sp³-hybridized carbons (Fsp3) is 0.857. The minimum absolute atomic E-state index is 0.00584. The largest absolute Gasteiger partial charge is 0.460 e. The van der Waals surface area contributed by atoms with E-state index in [1.165, 1.54) is 6.92 Å². The van der Waals surface area contributed by atoms with E-state index < -0.39 is 16.9 Å². The number of hydrogen-bond donors (Lipinski definition) is 0. The van der Waals surface area contributed by atoms with Crippen molar-refractivity contribution in [2.24, 2.45) is 5.92 Å². The van der Waals surface area contributed by atoms with Gasteiger partial charge in [-0.2, -0.15) is 10.5 Å². The fourth-order valence-corrected chi connectivity index (χ4v) is 12.5. The molecule has 3 amide bonds. The van der Waals surface area contributed by atoms with E-state index in [2.05, 4.69) is 68.2 Å². The summed E-state index contributed by atoms with van der Waals surface area (Å²) < 4.78 is 32.5. The molecule has 0 bridgehead atoms. The second kappa shape index (κ2) is 34.5. The molecule has 3 heterocycles. The lowest BCUT2D eigenvalue weighted by Crippen LogP contribution is -2.41. The number of esters is 1. The van der Waals surface area contributed by atoms with Gasteiger partial charge in [0, 0.05) is 76.3 Å². The van der Waals surface area contributed by atoms with E-state index in [-0.39, 0.29) is 90.7 Å². The smallest absolute Gasteiger partial charge is 0.306 e. The summed E-state index contributed by atoms with van der Waals surface area (Å²) in [4.78, 5) is 68.3. The SMILES string of the molecule is CCC(=O)N1CC[C@@H](OC(=O)CCC(C)=O)[C@@H]1CC.CCC(=O)N1CC[C@@H](OP(OCCC#N)N(C(C)C)C(C)C)[C@@H]1CC.CCC(=O)N1C[C@@H](CC)[C@H](OP(OCCC#N)C(N(C)C)N(C)C)C1. The fourth-order valence-electron chi connectivity index (χ4n) is 8.90. The maximum Gasteiger partial charge on any atom is 0.306 e. The molecule has 3 aliphatic heterocycles. The molecule has 0 radical (unpaired) electrons. The zero-order valence-corrected chi connectivity index (χ0v) is 46.8. The third-order valence-electron chi connectivity index (χ3n) is 12.2. The normalized spacial score (nSPS) is 22.1. The Hall–Kier alpha value is -2.89. The van der Waals surface area contributed by atoms with Crippen LogP contribution in [0.25, 0.3) is 0 Å². The summed E-state index contributed by atoms with van der Waals surface area (Å²) in [6, 6.07) is 4.89. The second-order valence-electron chi connectivity index (χ2n) is 18.6. The zero-order valence-electron chi connectivity index (χ0n) is 45.0. The van der Waals surface area contributed by atoms with E-state index in [1.54, 1.807) is 0 Å². The van der Waals surface area contributed by atoms with Crippen molar-refractivity contribution in [3.8, 4) is 12.1 Å². The number of carbonyl (C=O) groups is 5. The molecule has 3 saturated heterocycles. The number of carbonyl (C=O) groups excluding carboxylic acids is 5. The van der Waals surface area contributed by atoms with Crippen LogP contribution in [0, 0.1) is 28.6 Å². The molecule has 3 aliphatic rings. The lowest BCUT2D eigenvalue weighted by Gasteiger charge is -2.38. The Morgan fingerprint density at radius 2 is 1.14 bits per heavy atom. The standard InChI is InChI=1S/C18H34N3O3P.C17H33N4O3P.C14H23NO4/c1-7-16-17(10-12-20(16)18(22)8-2)24-25(23-13-9-11-19)21(14(3)4)15(5)6;1-7-14-12-21(16(22)8-2)13-15(14)24-25(23-11-9-10-18)17(19(3)4)20(5)6;1-4-11-12(8-9-15(11)13(17)5-2)19-14(18)7-6-10(3)16/h14-17H,7-10,12-13H2,1-6H3;14-15,17H,7-9,11-13H2,1-6H3;11-12H,4-9H2,1-3H3/t16-,17+,25?;14-,15-,25?;11-,12+/m010/s1. The number of Topliss-reactive ketones (excluding diaryl/α,β-unsaturated/α-hetero) is 1. The van der Waals surface area contributed by atoms with Crippen LogP contribution in [-0.2, 0) is 46.8 Å². The van der Waals surface area contributed by atoms with Crippen molar-refractivity contribution in [2.75, 3.05) is 67.6 Å². The van der Waals surface area contributed by atoms with Crippen LogP contribution in [0.2, 0.25) is 0 Å². The van der Waals surface area contributed by atoms with Crippen LogP contribution in [-0.4, -0.2) is 175 Å². The van der Waals surface area contributed by atoms with Gasteiger partial charge in [0.25, 0.3) is 8.53 Å². The van der Waals surface area contributed by atoms with Gasteiger partial charge in [0.2, 0.25) is 26.1 Å². The van der Waals surface area contributed by atoms with Crippen molar-refractivity contribution in [1.82, 2.24) is 29.2 Å². The highest BCUT2D eigenvalue weighted by Crippen LogP contribution is 2.50. The molecule has 0 saturated carbocycles. The predicted octanol–water partition coefficient (Wildman–Crippen LogP) is 8.06. The number of likely N-dealkylation sites (tertiary alicyclic amines) is 3. The van der Waals surface area contributed by atoms with E-state index in [9.17, 15) is 24.0 Å². The van der Waals surface area contributed by atoms with E-state index in [1.807, 2.05) is 70.6 Å². The van der Waals surface area contributed by atoms with Crippen molar-refractivity contribution < 1.29 is 46.8 Å². The summed E-state index contributed by atoms with van der Waals surface area (Å²) in [5.41, 5.74) is 0. The summed E-state index contributed by atoms with van der Waals surface area (Å²) in [6.45, 7) is 25.3. The number of amides is 3. The van der Waals surface area contributed by atoms with Crippen molar-refractivity contribution in [3.63, 3.8) is 0 Å². The van der Waals surface area contributed by atoms with Crippen LogP contribution in [0.5, 0.6) is 0 Å². The van der Waals surface area contributed by atoms with Gasteiger partial charge in [0.05, 0.1) is 68.9 Å². The molecular formula is C49H90N8O10P2. The van der Waals surface area contributed by atoms with Gasteiger partial charge >= 0.3 is 5.97 Å². The minimum atomic E-state index is -1.26. The van der Waals surface area contributed by atoms with Crippen molar-refractivity contribution in [2.45, 2.75) is 202 Å². The average molecular weight is 1010 g/mol. The van der Waals surface area contributed by atoms with Gasteiger partial charge in [-0.25, -0.2) is 4.67 Å². The van der Waals surface area contributed by atoms with Crippen LogP contribution in [0.3, 0.4) is 0 Å². The summed E-state index contributed by atoms with van der Waals surface area (Å²) in [7, 11) is 5.49. The van der Waals surface area contributed by atoms with Gasteiger partial charge in [-0.15, -0.1) is 0 Å². The Labute approximate surface area is 418 Å². The maximum atomic E-state index is 12.2. The molecule has 2 unspecified atom stereocenters. The topological polar surface area (TPSA) is 199 Å².